The van der Waals surface area contributed by atoms with E-state index in [0.29, 0.717) is 22.9 Å². The van der Waals surface area contributed by atoms with Crippen LogP contribution in [0.3, 0.4) is 0 Å². The van der Waals surface area contributed by atoms with Crippen molar-refractivity contribution >= 4 is 34.7 Å². The Hall–Kier alpha value is -4.35. The van der Waals surface area contributed by atoms with Gasteiger partial charge in [0.15, 0.2) is 5.82 Å². The fourth-order valence-corrected chi connectivity index (χ4v) is 3.78. The molecule has 1 heterocycles. The number of hydrogen-bond donors (Lipinski definition) is 2. The number of carboxylic acid groups (broad SMARTS) is 1. The minimum absolute atomic E-state index is 0.250. The third-order valence-electron chi connectivity index (χ3n) is 5.32. The predicted molar refractivity (Wildman–Crippen MR) is 135 cm³/mol. The van der Waals surface area contributed by atoms with Gasteiger partial charge in [0.25, 0.3) is 6.47 Å². The van der Waals surface area contributed by atoms with E-state index in [2.05, 4.69) is 21.6 Å². The lowest BCUT2D eigenvalue weighted by molar-refractivity contribution is -0.122. The van der Waals surface area contributed by atoms with Crippen molar-refractivity contribution in [2.45, 2.75) is 13.5 Å². The molecule has 4 rings (SSSR count). The van der Waals surface area contributed by atoms with Gasteiger partial charge in [-0.1, -0.05) is 17.7 Å². The molecule has 8 nitrogen and oxygen atoms in total. The SMILES string of the molecule is COc1ccc(CNc2nnc(C)c3cc(-c4cc(Cl)ccc4C#N)ccc23)c(OC)c1.O=CO. The first-order valence-electron chi connectivity index (χ1n) is 10.4. The third-order valence-corrected chi connectivity index (χ3v) is 5.55. The Balaban J connectivity index is 0.00000108. The largest absolute Gasteiger partial charge is 0.497 e. The smallest absolute Gasteiger partial charge is 0.290 e. The van der Waals surface area contributed by atoms with E-state index in [1.807, 2.05) is 43.3 Å². The Morgan fingerprint density at radius 1 is 1.06 bits per heavy atom. The Kier molecular flexibility index (Phi) is 8.43. The standard InChI is InChI=1S/C25H21ClN4O2.CH2O2/c1-15-22-10-16(23-11-19(26)7-4-17(23)13-27)6-9-21(22)25(30-29-15)28-14-18-5-8-20(31-2)12-24(18)32-3;2-1-3/h4-12H,14H2,1-3H3,(H,28,30);1H,(H,2,3). The van der Waals surface area contributed by atoms with Crippen molar-refractivity contribution in [3.05, 3.63) is 76.4 Å². The lowest BCUT2D eigenvalue weighted by Crippen LogP contribution is -2.06. The molecule has 0 radical (unpaired) electrons. The molecular weight excluding hydrogens is 468 g/mol. The van der Waals surface area contributed by atoms with Crippen molar-refractivity contribution in [2.24, 2.45) is 0 Å². The molecule has 178 valence electrons. The minimum Gasteiger partial charge on any atom is -0.497 e. The molecule has 0 bridgehead atoms. The highest BCUT2D eigenvalue weighted by molar-refractivity contribution is 6.31. The molecule has 0 aliphatic carbocycles. The molecule has 4 aromatic rings. The number of rotatable bonds is 6. The number of hydrogen-bond acceptors (Lipinski definition) is 7. The maximum atomic E-state index is 9.49. The quantitative estimate of drug-likeness (QED) is 0.342. The second-order valence-electron chi connectivity index (χ2n) is 7.33. The summed E-state index contributed by atoms with van der Waals surface area (Å²) in [6.07, 6.45) is 0. The fourth-order valence-electron chi connectivity index (χ4n) is 3.61. The number of nitrogens with zero attached hydrogens (tertiary/aromatic N) is 3. The van der Waals surface area contributed by atoms with Gasteiger partial charge in [0.1, 0.15) is 11.5 Å². The number of benzene rings is 3. The Labute approximate surface area is 207 Å². The summed E-state index contributed by atoms with van der Waals surface area (Å²) in [6, 6.07) is 19.2. The summed E-state index contributed by atoms with van der Waals surface area (Å²) in [5.41, 5.74) is 4.03. The zero-order valence-electron chi connectivity index (χ0n) is 19.4. The molecule has 0 saturated carbocycles. The predicted octanol–water partition coefficient (Wildman–Crippen LogP) is 5.46. The van der Waals surface area contributed by atoms with E-state index in [9.17, 15) is 5.26 Å². The topological polar surface area (TPSA) is 117 Å². The number of halogens is 1. The van der Waals surface area contributed by atoms with Crippen LogP contribution in [0, 0.1) is 18.3 Å². The minimum atomic E-state index is -0.250. The lowest BCUT2D eigenvalue weighted by Gasteiger charge is -2.14. The molecule has 3 aromatic carbocycles. The van der Waals surface area contributed by atoms with Gasteiger partial charge < -0.3 is 19.9 Å². The molecular formula is C26H23ClN4O4. The maximum absolute atomic E-state index is 9.49. The summed E-state index contributed by atoms with van der Waals surface area (Å²) < 4.78 is 10.8. The summed E-state index contributed by atoms with van der Waals surface area (Å²) >= 11 is 6.18. The zero-order chi connectivity index (χ0) is 25.4. The summed E-state index contributed by atoms with van der Waals surface area (Å²) in [5.74, 6) is 2.13. The van der Waals surface area contributed by atoms with E-state index in [0.717, 1.165) is 44.7 Å². The summed E-state index contributed by atoms with van der Waals surface area (Å²) in [6.45, 7) is 2.17. The number of anilines is 1. The third kappa shape index (κ3) is 5.78. The summed E-state index contributed by atoms with van der Waals surface area (Å²) in [4.78, 5) is 8.36. The Morgan fingerprint density at radius 3 is 2.51 bits per heavy atom. The monoisotopic (exact) mass is 490 g/mol. The van der Waals surface area contributed by atoms with Crippen molar-refractivity contribution in [2.75, 3.05) is 19.5 Å². The second kappa shape index (κ2) is 11.7. The number of ether oxygens (including phenoxy) is 2. The molecule has 1 aromatic heterocycles. The number of aryl methyl sites for hydroxylation is 1. The van der Waals surface area contributed by atoms with Crippen molar-refractivity contribution in [1.29, 1.82) is 5.26 Å². The molecule has 0 fully saturated rings. The van der Waals surface area contributed by atoms with Gasteiger partial charge in [-0.25, -0.2) is 0 Å². The normalized spacial score (nSPS) is 10.0. The van der Waals surface area contributed by atoms with E-state index in [-0.39, 0.29) is 6.47 Å². The van der Waals surface area contributed by atoms with Crippen LogP contribution in [-0.2, 0) is 11.3 Å². The number of methoxy groups -OCH3 is 2. The van der Waals surface area contributed by atoms with Crippen molar-refractivity contribution in [3.8, 4) is 28.7 Å². The van der Waals surface area contributed by atoms with Crippen LogP contribution < -0.4 is 14.8 Å². The molecule has 35 heavy (non-hydrogen) atoms. The van der Waals surface area contributed by atoms with Gasteiger partial charge in [-0.15, -0.1) is 5.10 Å². The number of nitriles is 1. The maximum Gasteiger partial charge on any atom is 0.290 e. The molecule has 9 heteroatoms. The number of nitrogens with one attached hydrogen (secondary N) is 1. The van der Waals surface area contributed by atoms with Crippen LogP contribution in [0.1, 0.15) is 16.8 Å². The van der Waals surface area contributed by atoms with Crippen molar-refractivity contribution in [1.82, 2.24) is 10.2 Å². The molecule has 2 N–H and O–H groups in total. The molecule has 0 spiro atoms. The molecule has 0 saturated heterocycles. The molecule has 0 aliphatic rings. The second-order valence-corrected chi connectivity index (χ2v) is 7.77. The van der Waals surface area contributed by atoms with Crippen LogP contribution in [0.15, 0.2) is 54.6 Å². The van der Waals surface area contributed by atoms with Crippen LogP contribution in [0.5, 0.6) is 11.5 Å². The first-order valence-corrected chi connectivity index (χ1v) is 10.8. The van der Waals surface area contributed by atoms with Crippen LogP contribution in [0.25, 0.3) is 21.9 Å². The van der Waals surface area contributed by atoms with Gasteiger partial charge in [-0.3, -0.25) is 4.79 Å². The van der Waals surface area contributed by atoms with Gasteiger partial charge in [-0.2, -0.15) is 10.4 Å². The zero-order valence-corrected chi connectivity index (χ0v) is 20.1. The molecule has 0 unspecified atom stereocenters. The highest BCUT2D eigenvalue weighted by atomic mass is 35.5. The Bertz CT molecular complexity index is 1400. The van der Waals surface area contributed by atoms with Crippen molar-refractivity contribution in [3.63, 3.8) is 0 Å². The number of aromatic nitrogens is 2. The van der Waals surface area contributed by atoms with Crippen LogP contribution in [-0.4, -0.2) is 36.0 Å². The molecule has 0 atom stereocenters. The van der Waals surface area contributed by atoms with Crippen LogP contribution in [0.2, 0.25) is 5.02 Å². The fraction of sp³-hybridized carbons (Fsp3) is 0.154. The highest BCUT2D eigenvalue weighted by Gasteiger charge is 2.12. The van der Waals surface area contributed by atoms with E-state index in [4.69, 9.17) is 31.0 Å². The van der Waals surface area contributed by atoms with Crippen molar-refractivity contribution < 1.29 is 19.4 Å². The van der Waals surface area contributed by atoms with E-state index >= 15 is 0 Å². The van der Waals surface area contributed by atoms with E-state index < -0.39 is 0 Å². The molecule has 0 amide bonds. The summed E-state index contributed by atoms with van der Waals surface area (Å²) in [5, 5.41) is 30.9. The average molecular weight is 491 g/mol. The number of fused-ring (bicyclic) bond motifs is 1. The highest BCUT2D eigenvalue weighted by Crippen LogP contribution is 2.32. The van der Waals surface area contributed by atoms with Gasteiger partial charge in [0.05, 0.1) is 31.5 Å². The first kappa shape index (κ1) is 25.3. The number of carbonyl (C=O) groups is 1. The van der Waals surface area contributed by atoms with Gasteiger partial charge >= 0.3 is 0 Å². The lowest BCUT2D eigenvalue weighted by atomic mass is 9.97. The van der Waals surface area contributed by atoms with Gasteiger partial charge in [-0.05, 0) is 55.0 Å². The summed E-state index contributed by atoms with van der Waals surface area (Å²) in [7, 11) is 3.25. The van der Waals surface area contributed by atoms with Gasteiger partial charge in [0, 0.05) is 39.5 Å². The average Bonchev–Trinajstić information content (AvgIpc) is 2.88. The van der Waals surface area contributed by atoms with Gasteiger partial charge in [0.2, 0.25) is 0 Å². The van der Waals surface area contributed by atoms with Crippen LogP contribution in [0.4, 0.5) is 5.82 Å². The molecule has 0 aliphatic heterocycles. The first-order chi connectivity index (χ1) is 16.9. The van der Waals surface area contributed by atoms with Crippen LogP contribution >= 0.6 is 11.6 Å². The van der Waals surface area contributed by atoms with E-state index in [1.165, 1.54) is 0 Å². The van der Waals surface area contributed by atoms with E-state index in [1.54, 1.807) is 32.4 Å². The Morgan fingerprint density at radius 2 is 1.83 bits per heavy atom.